The SMILES string of the molecule is COC(=O)c1ccccc1OC(=O)Oc1ccccc1O. The van der Waals surface area contributed by atoms with Crippen molar-refractivity contribution in [1.29, 1.82) is 0 Å². The number of carbonyl (C=O) groups excluding carboxylic acids is 2. The van der Waals surface area contributed by atoms with Gasteiger partial charge in [-0.05, 0) is 24.3 Å². The van der Waals surface area contributed by atoms with Gasteiger partial charge in [0.05, 0.1) is 7.11 Å². The van der Waals surface area contributed by atoms with Gasteiger partial charge in [0.2, 0.25) is 0 Å². The molecule has 2 aromatic carbocycles. The quantitative estimate of drug-likeness (QED) is 0.690. The second-order valence-corrected chi connectivity index (χ2v) is 3.91. The van der Waals surface area contributed by atoms with Crippen molar-refractivity contribution >= 4 is 12.1 Å². The molecule has 108 valence electrons. The van der Waals surface area contributed by atoms with E-state index in [-0.39, 0.29) is 22.8 Å². The van der Waals surface area contributed by atoms with Crippen molar-refractivity contribution in [3.05, 3.63) is 54.1 Å². The number of methoxy groups -OCH3 is 1. The molecule has 6 nitrogen and oxygen atoms in total. The van der Waals surface area contributed by atoms with E-state index >= 15 is 0 Å². The standard InChI is InChI=1S/C15H12O6/c1-19-14(17)10-6-2-4-8-12(10)20-15(18)21-13-9-5-3-7-11(13)16/h2-9,16H,1H3. The largest absolute Gasteiger partial charge is 0.519 e. The molecule has 0 saturated heterocycles. The van der Waals surface area contributed by atoms with Crippen LogP contribution >= 0.6 is 0 Å². The molecule has 2 rings (SSSR count). The third-order valence-corrected chi connectivity index (χ3v) is 2.54. The smallest absolute Gasteiger partial charge is 0.504 e. The minimum Gasteiger partial charge on any atom is -0.504 e. The normalized spacial score (nSPS) is 9.76. The zero-order valence-electron chi connectivity index (χ0n) is 11.1. The molecule has 0 aliphatic rings. The molecular weight excluding hydrogens is 276 g/mol. The maximum absolute atomic E-state index is 11.7. The van der Waals surface area contributed by atoms with E-state index in [1.54, 1.807) is 24.3 Å². The van der Waals surface area contributed by atoms with Crippen LogP contribution in [0.2, 0.25) is 0 Å². The molecule has 0 aromatic heterocycles. The Balaban J connectivity index is 2.14. The summed E-state index contributed by atoms with van der Waals surface area (Å²) < 4.78 is 14.4. The van der Waals surface area contributed by atoms with Crippen LogP contribution in [-0.2, 0) is 4.74 Å². The van der Waals surface area contributed by atoms with Gasteiger partial charge in [0.25, 0.3) is 0 Å². The van der Waals surface area contributed by atoms with Gasteiger partial charge in [-0.2, -0.15) is 0 Å². The number of aromatic hydroxyl groups is 1. The Labute approximate surface area is 120 Å². The van der Waals surface area contributed by atoms with E-state index in [1.807, 2.05) is 0 Å². The van der Waals surface area contributed by atoms with Crippen molar-refractivity contribution in [1.82, 2.24) is 0 Å². The van der Waals surface area contributed by atoms with Crippen LogP contribution in [0.4, 0.5) is 4.79 Å². The van der Waals surface area contributed by atoms with Crippen LogP contribution in [0.15, 0.2) is 48.5 Å². The highest BCUT2D eigenvalue weighted by Crippen LogP contribution is 2.25. The van der Waals surface area contributed by atoms with Crippen LogP contribution < -0.4 is 9.47 Å². The summed E-state index contributed by atoms with van der Waals surface area (Å²) >= 11 is 0. The van der Waals surface area contributed by atoms with Gasteiger partial charge in [0.1, 0.15) is 11.3 Å². The van der Waals surface area contributed by atoms with Gasteiger partial charge in [-0.1, -0.05) is 24.3 Å². The van der Waals surface area contributed by atoms with Gasteiger partial charge in [0.15, 0.2) is 11.5 Å². The second kappa shape index (κ2) is 6.42. The van der Waals surface area contributed by atoms with E-state index in [1.165, 1.54) is 31.4 Å². The van der Waals surface area contributed by atoms with Crippen molar-refractivity contribution in [3.63, 3.8) is 0 Å². The van der Waals surface area contributed by atoms with Crippen LogP contribution in [0.3, 0.4) is 0 Å². The molecule has 0 atom stereocenters. The summed E-state index contributed by atoms with van der Waals surface area (Å²) in [6.07, 6.45) is -1.08. The summed E-state index contributed by atoms with van der Waals surface area (Å²) in [7, 11) is 1.22. The van der Waals surface area contributed by atoms with E-state index in [4.69, 9.17) is 9.47 Å². The molecule has 0 heterocycles. The summed E-state index contributed by atoms with van der Waals surface area (Å²) in [4.78, 5) is 23.2. The number of phenolic OH excluding ortho intramolecular Hbond substituents is 1. The van der Waals surface area contributed by atoms with Crippen LogP contribution in [0.25, 0.3) is 0 Å². The van der Waals surface area contributed by atoms with Crippen LogP contribution in [0.5, 0.6) is 17.2 Å². The predicted molar refractivity (Wildman–Crippen MR) is 72.5 cm³/mol. The first-order valence-corrected chi connectivity index (χ1v) is 5.97. The molecule has 0 saturated carbocycles. The van der Waals surface area contributed by atoms with Crippen LogP contribution in [0.1, 0.15) is 10.4 Å². The molecule has 21 heavy (non-hydrogen) atoms. The lowest BCUT2D eigenvalue weighted by Crippen LogP contribution is -2.16. The third-order valence-electron chi connectivity index (χ3n) is 2.54. The van der Waals surface area contributed by atoms with Gasteiger partial charge in [-0.15, -0.1) is 0 Å². The minimum atomic E-state index is -1.08. The highest BCUT2D eigenvalue weighted by molar-refractivity contribution is 5.93. The summed E-state index contributed by atoms with van der Waals surface area (Å²) in [6.45, 7) is 0. The van der Waals surface area contributed by atoms with Gasteiger partial charge >= 0.3 is 12.1 Å². The maximum atomic E-state index is 11.7. The number of para-hydroxylation sites is 3. The Kier molecular flexibility index (Phi) is 4.40. The van der Waals surface area contributed by atoms with E-state index in [0.29, 0.717) is 0 Å². The number of benzene rings is 2. The van der Waals surface area contributed by atoms with E-state index in [9.17, 15) is 14.7 Å². The number of hydrogen-bond acceptors (Lipinski definition) is 6. The summed E-state index contributed by atoms with van der Waals surface area (Å²) in [5, 5.41) is 9.50. The van der Waals surface area contributed by atoms with Gasteiger partial charge in [-0.25, -0.2) is 9.59 Å². The Hall–Kier alpha value is -3.02. The fourth-order valence-corrected chi connectivity index (χ4v) is 1.58. The van der Waals surface area contributed by atoms with Gasteiger partial charge < -0.3 is 19.3 Å². The molecule has 2 aromatic rings. The molecular formula is C15H12O6. The molecule has 0 fully saturated rings. The average molecular weight is 288 g/mol. The lowest BCUT2D eigenvalue weighted by atomic mass is 10.2. The first kappa shape index (κ1) is 14.4. The Morgan fingerprint density at radius 1 is 0.905 bits per heavy atom. The number of ether oxygens (including phenoxy) is 3. The summed E-state index contributed by atoms with van der Waals surface area (Å²) in [5.74, 6) is -0.875. The van der Waals surface area contributed by atoms with E-state index in [2.05, 4.69) is 4.74 Å². The summed E-state index contributed by atoms with van der Waals surface area (Å²) in [5.41, 5.74) is 0.0919. The fourth-order valence-electron chi connectivity index (χ4n) is 1.58. The molecule has 6 heteroatoms. The lowest BCUT2D eigenvalue weighted by Gasteiger charge is -2.09. The summed E-state index contributed by atoms with van der Waals surface area (Å²) in [6, 6.07) is 12.0. The minimum absolute atomic E-state index is 0.00442. The number of hydrogen-bond donors (Lipinski definition) is 1. The van der Waals surface area contributed by atoms with Crippen LogP contribution in [-0.4, -0.2) is 24.3 Å². The number of phenols is 1. The Bertz CT molecular complexity index is 665. The fraction of sp³-hybridized carbons (Fsp3) is 0.0667. The molecule has 0 aliphatic heterocycles. The number of esters is 1. The molecule has 1 N–H and O–H groups in total. The van der Waals surface area contributed by atoms with E-state index < -0.39 is 12.1 Å². The second-order valence-electron chi connectivity index (χ2n) is 3.91. The first-order valence-electron chi connectivity index (χ1n) is 5.97. The third kappa shape index (κ3) is 3.50. The zero-order chi connectivity index (χ0) is 15.2. The van der Waals surface area contributed by atoms with Gasteiger partial charge in [0, 0.05) is 0 Å². The molecule has 0 radical (unpaired) electrons. The number of carbonyl (C=O) groups is 2. The van der Waals surface area contributed by atoms with Crippen molar-refractivity contribution in [2.45, 2.75) is 0 Å². The van der Waals surface area contributed by atoms with Crippen molar-refractivity contribution in [3.8, 4) is 17.2 Å². The Morgan fingerprint density at radius 2 is 1.48 bits per heavy atom. The highest BCUT2D eigenvalue weighted by atomic mass is 16.7. The molecule has 0 aliphatic carbocycles. The molecule has 0 amide bonds. The van der Waals surface area contributed by atoms with Crippen molar-refractivity contribution in [2.75, 3.05) is 7.11 Å². The van der Waals surface area contributed by atoms with Gasteiger partial charge in [-0.3, -0.25) is 0 Å². The van der Waals surface area contributed by atoms with Crippen molar-refractivity contribution in [2.24, 2.45) is 0 Å². The van der Waals surface area contributed by atoms with E-state index in [0.717, 1.165) is 0 Å². The Morgan fingerprint density at radius 3 is 2.14 bits per heavy atom. The monoisotopic (exact) mass is 288 g/mol. The van der Waals surface area contributed by atoms with Crippen molar-refractivity contribution < 1.29 is 28.9 Å². The highest BCUT2D eigenvalue weighted by Gasteiger charge is 2.17. The van der Waals surface area contributed by atoms with Crippen LogP contribution in [0, 0.1) is 0 Å². The zero-order valence-corrected chi connectivity index (χ0v) is 11.1. The number of rotatable bonds is 3. The molecule has 0 spiro atoms. The first-order chi connectivity index (χ1) is 10.1. The molecule has 0 bridgehead atoms. The maximum Gasteiger partial charge on any atom is 0.519 e. The average Bonchev–Trinajstić information content (AvgIpc) is 2.49. The predicted octanol–water partition coefficient (Wildman–Crippen LogP) is 2.76. The topological polar surface area (TPSA) is 82.1 Å². The lowest BCUT2D eigenvalue weighted by molar-refractivity contribution is 0.0597. The molecule has 0 unspecified atom stereocenters.